The van der Waals surface area contributed by atoms with E-state index >= 15 is 0 Å². The first-order valence-electron chi connectivity index (χ1n) is 8.37. The maximum atomic E-state index is 5.92. The number of benzene rings is 1. The quantitative estimate of drug-likeness (QED) is 0.548. The van der Waals surface area contributed by atoms with Crippen LogP contribution in [0.3, 0.4) is 0 Å². The van der Waals surface area contributed by atoms with Crippen molar-refractivity contribution < 1.29 is 0 Å². The SMILES string of the molecule is NC[C@@H](Cc1ccccc1)Nc1nnc(-c2ccc3cnccc3n2)s1. The highest BCUT2D eigenvalue weighted by Gasteiger charge is 2.13. The van der Waals surface area contributed by atoms with Crippen molar-refractivity contribution in [2.24, 2.45) is 5.73 Å². The predicted molar refractivity (Wildman–Crippen MR) is 105 cm³/mol. The summed E-state index contributed by atoms with van der Waals surface area (Å²) in [6.07, 6.45) is 4.38. The molecule has 3 N–H and O–H groups in total. The fraction of sp³-hybridized carbons (Fsp3) is 0.158. The lowest BCUT2D eigenvalue weighted by atomic mass is 10.1. The number of rotatable bonds is 6. The molecule has 4 rings (SSSR count). The van der Waals surface area contributed by atoms with Crippen LogP contribution in [0.2, 0.25) is 0 Å². The number of hydrogen-bond acceptors (Lipinski definition) is 7. The Kier molecular flexibility index (Phi) is 4.81. The first-order chi connectivity index (χ1) is 12.8. The van der Waals surface area contributed by atoms with Gasteiger partial charge in [-0.15, -0.1) is 10.2 Å². The monoisotopic (exact) mass is 362 g/mol. The Balaban J connectivity index is 1.51. The number of hydrogen-bond donors (Lipinski definition) is 2. The minimum Gasteiger partial charge on any atom is -0.356 e. The summed E-state index contributed by atoms with van der Waals surface area (Å²) in [6, 6.07) is 16.2. The minimum absolute atomic E-state index is 0.105. The third-order valence-corrected chi connectivity index (χ3v) is 4.95. The number of nitrogens with zero attached hydrogens (tertiary/aromatic N) is 4. The summed E-state index contributed by atoms with van der Waals surface area (Å²) in [6.45, 7) is 0.519. The summed E-state index contributed by atoms with van der Waals surface area (Å²) >= 11 is 1.48. The normalized spacial score (nSPS) is 12.2. The van der Waals surface area contributed by atoms with Crippen LogP contribution >= 0.6 is 11.3 Å². The van der Waals surface area contributed by atoms with Gasteiger partial charge in [0.25, 0.3) is 0 Å². The van der Waals surface area contributed by atoms with Gasteiger partial charge in [0, 0.05) is 30.4 Å². The lowest BCUT2D eigenvalue weighted by Crippen LogP contribution is -2.30. The zero-order chi connectivity index (χ0) is 17.8. The van der Waals surface area contributed by atoms with Gasteiger partial charge in [0.15, 0.2) is 5.01 Å². The molecule has 0 bridgehead atoms. The molecular weight excluding hydrogens is 344 g/mol. The molecule has 26 heavy (non-hydrogen) atoms. The maximum Gasteiger partial charge on any atom is 0.206 e. The molecule has 0 fully saturated rings. The average molecular weight is 362 g/mol. The molecule has 6 nitrogen and oxygen atoms in total. The summed E-state index contributed by atoms with van der Waals surface area (Å²) < 4.78 is 0. The van der Waals surface area contributed by atoms with Crippen LogP contribution in [0, 0.1) is 0 Å². The molecule has 0 radical (unpaired) electrons. The van der Waals surface area contributed by atoms with Gasteiger partial charge in [0.05, 0.1) is 5.52 Å². The highest BCUT2D eigenvalue weighted by molar-refractivity contribution is 7.18. The Bertz CT molecular complexity index is 1000. The zero-order valence-electron chi connectivity index (χ0n) is 14.0. The molecule has 4 aromatic rings. The molecular formula is C19H18N6S. The van der Waals surface area contributed by atoms with Gasteiger partial charge in [-0.2, -0.15) is 0 Å². The van der Waals surface area contributed by atoms with Crippen molar-refractivity contribution in [3.05, 3.63) is 66.5 Å². The molecule has 130 valence electrons. The zero-order valence-corrected chi connectivity index (χ0v) is 14.9. The molecule has 0 saturated heterocycles. The maximum absolute atomic E-state index is 5.92. The largest absolute Gasteiger partial charge is 0.356 e. The van der Waals surface area contributed by atoms with Crippen molar-refractivity contribution in [3.8, 4) is 10.7 Å². The van der Waals surface area contributed by atoms with Gasteiger partial charge in [0.2, 0.25) is 5.13 Å². The van der Waals surface area contributed by atoms with Crippen LogP contribution in [0.1, 0.15) is 5.56 Å². The van der Waals surface area contributed by atoms with Gasteiger partial charge in [-0.05, 0) is 30.2 Å². The smallest absolute Gasteiger partial charge is 0.206 e. The highest BCUT2D eigenvalue weighted by atomic mass is 32.1. The van der Waals surface area contributed by atoms with E-state index in [1.54, 1.807) is 12.4 Å². The van der Waals surface area contributed by atoms with Crippen molar-refractivity contribution >= 4 is 27.4 Å². The fourth-order valence-electron chi connectivity index (χ4n) is 2.74. The second-order valence-electron chi connectivity index (χ2n) is 5.94. The third kappa shape index (κ3) is 3.68. The summed E-state index contributed by atoms with van der Waals surface area (Å²) in [5, 5.41) is 14.4. The van der Waals surface area contributed by atoms with E-state index in [0.29, 0.717) is 6.54 Å². The van der Waals surface area contributed by atoms with E-state index in [9.17, 15) is 0 Å². The Morgan fingerprint density at radius 1 is 1.04 bits per heavy atom. The topological polar surface area (TPSA) is 89.6 Å². The second-order valence-corrected chi connectivity index (χ2v) is 6.92. The van der Waals surface area contributed by atoms with Crippen LogP contribution in [0.4, 0.5) is 5.13 Å². The van der Waals surface area contributed by atoms with Crippen molar-refractivity contribution in [1.29, 1.82) is 0 Å². The molecule has 0 aliphatic rings. The van der Waals surface area contributed by atoms with Gasteiger partial charge in [-0.25, -0.2) is 4.98 Å². The molecule has 0 spiro atoms. The van der Waals surface area contributed by atoms with Gasteiger partial charge in [-0.1, -0.05) is 41.7 Å². The number of nitrogens with one attached hydrogen (secondary N) is 1. The number of anilines is 1. The molecule has 7 heteroatoms. The molecule has 0 saturated carbocycles. The van der Waals surface area contributed by atoms with Gasteiger partial charge < -0.3 is 11.1 Å². The number of nitrogens with two attached hydrogens (primary N) is 1. The molecule has 0 unspecified atom stereocenters. The highest BCUT2D eigenvalue weighted by Crippen LogP contribution is 2.27. The third-order valence-electron chi connectivity index (χ3n) is 4.07. The fourth-order valence-corrected chi connectivity index (χ4v) is 3.53. The minimum atomic E-state index is 0.105. The lowest BCUT2D eigenvalue weighted by molar-refractivity contribution is 0.721. The van der Waals surface area contributed by atoms with Crippen LogP contribution in [0.5, 0.6) is 0 Å². The van der Waals surface area contributed by atoms with E-state index in [4.69, 9.17) is 5.73 Å². The molecule has 0 amide bonds. The van der Waals surface area contributed by atoms with Crippen molar-refractivity contribution in [2.75, 3.05) is 11.9 Å². The molecule has 3 heterocycles. The summed E-state index contributed by atoms with van der Waals surface area (Å²) in [7, 11) is 0. The molecule has 0 aliphatic carbocycles. The van der Waals surface area contributed by atoms with E-state index in [2.05, 4.69) is 37.6 Å². The Hall–Kier alpha value is -2.90. The van der Waals surface area contributed by atoms with E-state index in [0.717, 1.165) is 33.2 Å². The predicted octanol–water partition coefficient (Wildman–Crippen LogP) is 3.13. The standard InChI is InChI=1S/C19H18N6S/c20-11-15(10-13-4-2-1-3-5-13)22-19-25-24-18(26-19)17-7-6-14-12-21-9-8-16(14)23-17/h1-9,12,15H,10-11,20H2,(H,22,25)/t15-/m1/s1. The Labute approximate surface area is 155 Å². The summed E-state index contributed by atoms with van der Waals surface area (Å²) in [5.41, 5.74) is 8.87. The van der Waals surface area contributed by atoms with Gasteiger partial charge >= 0.3 is 0 Å². The molecule has 1 atom stereocenters. The van der Waals surface area contributed by atoms with Crippen molar-refractivity contribution in [1.82, 2.24) is 20.2 Å². The van der Waals surface area contributed by atoms with Crippen molar-refractivity contribution in [2.45, 2.75) is 12.5 Å². The van der Waals surface area contributed by atoms with Gasteiger partial charge in [0.1, 0.15) is 5.69 Å². The van der Waals surface area contributed by atoms with Gasteiger partial charge in [-0.3, -0.25) is 4.98 Å². The van der Waals surface area contributed by atoms with E-state index < -0.39 is 0 Å². The first kappa shape index (κ1) is 16.6. The van der Waals surface area contributed by atoms with E-state index in [-0.39, 0.29) is 6.04 Å². The first-order valence-corrected chi connectivity index (χ1v) is 9.18. The second kappa shape index (κ2) is 7.55. The summed E-state index contributed by atoms with van der Waals surface area (Å²) in [5.74, 6) is 0. The molecule has 1 aromatic carbocycles. The van der Waals surface area contributed by atoms with Crippen LogP contribution in [0.15, 0.2) is 60.9 Å². The number of aromatic nitrogens is 4. The Morgan fingerprint density at radius 3 is 2.77 bits per heavy atom. The van der Waals surface area contributed by atoms with Crippen LogP contribution in [-0.4, -0.2) is 32.8 Å². The average Bonchev–Trinajstić information content (AvgIpc) is 3.16. The summed E-state index contributed by atoms with van der Waals surface area (Å²) in [4.78, 5) is 8.75. The Morgan fingerprint density at radius 2 is 1.92 bits per heavy atom. The van der Waals surface area contributed by atoms with Crippen LogP contribution in [-0.2, 0) is 6.42 Å². The van der Waals surface area contributed by atoms with Crippen LogP contribution < -0.4 is 11.1 Å². The number of pyridine rings is 2. The number of fused-ring (bicyclic) bond motifs is 1. The van der Waals surface area contributed by atoms with E-state index in [1.807, 2.05) is 36.4 Å². The lowest BCUT2D eigenvalue weighted by Gasteiger charge is -2.15. The van der Waals surface area contributed by atoms with Crippen molar-refractivity contribution in [3.63, 3.8) is 0 Å². The van der Waals surface area contributed by atoms with Crippen LogP contribution in [0.25, 0.3) is 21.6 Å². The van der Waals surface area contributed by atoms with E-state index in [1.165, 1.54) is 16.9 Å². The molecule has 3 aromatic heterocycles. The molecule has 0 aliphatic heterocycles.